The Labute approximate surface area is 121 Å². The molecule has 1 aromatic carbocycles. The summed E-state index contributed by atoms with van der Waals surface area (Å²) in [5, 5.41) is 13.2. The van der Waals surface area contributed by atoms with Gasteiger partial charge in [-0.3, -0.25) is 14.9 Å². The summed E-state index contributed by atoms with van der Waals surface area (Å²) in [5.74, 6) is -0.392. The van der Waals surface area contributed by atoms with Crippen molar-refractivity contribution in [3.8, 4) is 0 Å². The van der Waals surface area contributed by atoms with Gasteiger partial charge in [-0.1, -0.05) is 11.6 Å². The maximum absolute atomic E-state index is 11.8. The maximum atomic E-state index is 11.8. The summed E-state index contributed by atoms with van der Waals surface area (Å²) in [7, 11) is 1.57. The fraction of sp³-hybridized carbons (Fsp3) is 0.417. The zero-order valence-electron chi connectivity index (χ0n) is 11.0. The third-order valence-corrected chi connectivity index (χ3v) is 2.93. The number of nitro benzene ring substituents is 1. The highest BCUT2D eigenvalue weighted by Crippen LogP contribution is 2.26. The van der Waals surface area contributed by atoms with Gasteiger partial charge in [-0.05, 0) is 18.9 Å². The van der Waals surface area contributed by atoms with Crippen molar-refractivity contribution in [1.82, 2.24) is 0 Å². The number of anilines is 1. The monoisotopic (exact) mass is 301 g/mol. The normalized spacial score (nSPS) is 11.9. The molecule has 0 saturated heterocycles. The fourth-order valence-corrected chi connectivity index (χ4v) is 1.75. The number of halogens is 1. The van der Waals surface area contributed by atoms with Crippen LogP contribution in [0.1, 0.15) is 12.8 Å². The molecule has 0 bridgehead atoms. The predicted molar refractivity (Wildman–Crippen MR) is 75.8 cm³/mol. The van der Waals surface area contributed by atoms with E-state index in [1.807, 2.05) is 0 Å². The molecule has 1 rings (SSSR count). The molecule has 110 valence electrons. The van der Waals surface area contributed by atoms with E-state index in [-0.39, 0.29) is 10.7 Å². The molecule has 7 nitrogen and oxygen atoms in total. The van der Waals surface area contributed by atoms with Gasteiger partial charge in [0.25, 0.3) is 5.69 Å². The van der Waals surface area contributed by atoms with Gasteiger partial charge in [0.15, 0.2) is 0 Å². The van der Waals surface area contributed by atoms with E-state index in [1.54, 1.807) is 7.11 Å². The van der Waals surface area contributed by atoms with Crippen molar-refractivity contribution in [1.29, 1.82) is 0 Å². The number of nitrogens with two attached hydrogens (primary N) is 1. The van der Waals surface area contributed by atoms with E-state index in [4.69, 9.17) is 22.1 Å². The lowest BCUT2D eigenvalue weighted by atomic mass is 10.1. The summed E-state index contributed by atoms with van der Waals surface area (Å²) < 4.78 is 4.87. The van der Waals surface area contributed by atoms with Crippen LogP contribution in [0.25, 0.3) is 0 Å². The molecule has 8 heteroatoms. The van der Waals surface area contributed by atoms with Crippen molar-refractivity contribution in [2.45, 2.75) is 18.9 Å². The van der Waals surface area contributed by atoms with E-state index in [9.17, 15) is 14.9 Å². The average Bonchev–Trinajstić information content (AvgIpc) is 2.40. The molecule has 0 aliphatic heterocycles. The quantitative estimate of drug-likeness (QED) is 0.454. The van der Waals surface area contributed by atoms with Crippen LogP contribution >= 0.6 is 11.6 Å². The van der Waals surface area contributed by atoms with E-state index < -0.39 is 16.9 Å². The fourth-order valence-electron chi connectivity index (χ4n) is 1.52. The number of rotatable bonds is 7. The van der Waals surface area contributed by atoms with Crippen LogP contribution in [0, 0.1) is 10.1 Å². The second kappa shape index (κ2) is 7.78. The maximum Gasteiger partial charge on any atom is 0.271 e. The SMILES string of the molecule is COCCCC(N)C(=O)Nc1ccc([N+](=O)[O-])cc1Cl. The summed E-state index contributed by atoms with van der Waals surface area (Å²) in [4.78, 5) is 21.8. The van der Waals surface area contributed by atoms with Crippen LogP contribution in [0.15, 0.2) is 18.2 Å². The van der Waals surface area contributed by atoms with Gasteiger partial charge in [0.05, 0.1) is 21.7 Å². The standard InChI is InChI=1S/C12H16ClN3O4/c1-20-6-2-3-10(14)12(17)15-11-5-4-8(16(18)19)7-9(11)13/h4-5,7,10H,2-3,6,14H2,1H3,(H,15,17). The Balaban J connectivity index is 2.64. The van der Waals surface area contributed by atoms with Crippen LogP contribution < -0.4 is 11.1 Å². The summed E-state index contributed by atoms with van der Waals surface area (Å²) in [6, 6.07) is 3.13. The van der Waals surface area contributed by atoms with Gasteiger partial charge in [-0.15, -0.1) is 0 Å². The van der Waals surface area contributed by atoms with Gasteiger partial charge >= 0.3 is 0 Å². The molecule has 0 heterocycles. The largest absolute Gasteiger partial charge is 0.385 e. The Morgan fingerprint density at radius 3 is 2.85 bits per heavy atom. The summed E-state index contributed by atoms with van der Waals surface area (Å²) in [5.41, 5.74) is 5.87. The molecule has 0 spiro atoms. The molecule has 1 aromatic rings. The van der Waals surface area contributed by atoms with Gasteiger partial charge in [0.2, 0.25) is 5.91 Å². The number of hydrogen-bond acceptors (Lipinski definition) is 5. The van der Waals surface area contributed by atoms with Crippen LogP contribution in [0.5, 0.6) is 0 Å². The number of ether oxygens (including phenoxy) is 1. The Hall–Kier alpha value is -1.70. The van der Waals surface area contributed by atoms with E-state index in [0.29, 0.717) is 25.1 Å². The molecule has 20 heavy (non-hydrogen) atoms. The van der Waals surface area contributed by atoms with Crippen molar-refractivity contribution in [2.24, 2.45) is 5.73 Å². The number of carbonyl (C=O) groups excluding carboxylic acids is 1. The Bertz CT molecular complexity index is 496. The molecule has 3 N–H and O–H groups in total. The zero-order chi connectivity index (χ0) is 15.1. The molecule has 0 aliphatic carbocycles. The average molecular weight is 302 g/mol. The molecule has 0 aliphatic rings. The Morgan fingerprint density at radius 2 is 2.30 bits per heavy atom. The molecular weight excluding hydrogens is 286 g/mol. The third kappa shape index (κ3) is 4.76. The van der Waals surface area contributed by atoms with Crippen LogP contribution in [-0.4, -0.2) is 30.6 Å². The number of non-ortho nitro benzene ring substituents is 1. The minimum atomic E-state index is -0.684. The van der Waals surface area contributed by atoms with E-state index in [0.717, 1.165) is 0 Å². The number of carbonyl (C=O) groups is 1. The number of nitro groups is 1. The molecule has 0 fully saturated rings. The predicted octanol–water partition coefficient (Wildman–Crippen LogP) is 1.94. The molecule has 1 atom stereocenters. The lowest BCUT2D eigenvalue weighted by Gasteiger charge is -2.12. The molecule has 0 aromatic heterocycles. The van der Waals surface area contributed by atoms with Crippen LogP contribution in [-0.2, 0) is 9.53 Å². The van der Waals surface area contributed by atoms with E-state index in [2.05, 4.69) is 5.32 Å². The zero-order valence-corrected chi connectivity index (χ0v) is 11.7. The van der Waals surface area contributed by atoms with Crippen molar-refractivity contribution < 1.29 is 14.5 Å². The molecule has 1 amide bonds. The first-order chi connectivity index (χ1) is 9.45. The molecule has 0 saturated carbocycles. The van der Waals surface area contributed by atoms with Crippen LogP contribution in [0.4, 0.5) is 11.4 Å². The van der Waals surface area contributed by atoms with Gasteiger partial charge in [-0.2, -0.15) is 0 Å². The molecule has 0 radical (unpaired) electrons. The second-order valence-corrected chi connectivity index (χ2v) is 4.56. The first kappa shape index (κ1) is 16.4. The lowest BCUT2D eigenvalue weighted by Crippen LogP contribution is -2.35. The smallest absolute Gasteiger partial charge is 0.271 e. The topological polar surface area (TPSA) is 107 Å². The first-order valence-corrected chi connectivity index (χ1v) is 6.33. The number of nitrogens with zero attached hydrogens (tertiary/aromatic N) is 1. The number of methoxy groups -OCH3 is 1. The van der Waals surface area contributed by atoms with E-state index >= 15 is 0 Å². The summed E-state index contributed by atoms with van der Waals surface area (Å²) in [6.07, 6.45) is 1.14. The second-order valence-electron chi connectivity index (χ2n) is 4.15. The highest BCUT2D eigenvalue weighted by molar-refractivity contribution is 6.34. The number of hydrogen-bond donors (Lipinski definition) is 2. The Morgan fingerprint density at radius 1 is 1.60 bits per heavy atom. The van der Waals surface area contributed by atoms with Crippen molar-refractivity contribution >= 4 is 28.9 Å². The third-order valence-electron chi connectivity index (χ3n) is 2.62. The molecular formula is C12H16ClN3O4. The molecule has 1 unspecified atom stereocenters. The lowest BCUT2D eigenvalue weighted by molar-refractivity contribution is -0.384. The first-order valence-electron chi connectivity index (χ1n) is 5.95. The highest BCUT2D eigenvalue weighted by atomic mass is 35.5. The van der Waals surface area contributed by atoms with Gasteiger partial charge in [-0.25, -0.2) is 0 Å². The highest BCUT2D eigenvalue weighted by Gasteiger charge is 2.16. The van der Waals surface area contributed by atoms with Gasteiger partial charge in [0, 0.05) is 25.8 Å². The minimum Gasteiger partial charge on any atom is -0.385 e. The van der Waals surface area contributed by atoms with Crippen LogP contribution in [0.2, 0.25) is 5.02 Å². The van der Waals surface area contributed by atoms with Crippen molar-refractivity contribution in [2.75, 3.05) is 19.0 Å². The van der Waals surface area contributed by atoms with E-state index in [1.165, 1.54) is 18.2 Å². The Kier molecular flexibility index (Phi) is 6.37. The number of benzene rings is 1. The number of nitrogens with one attached hydrogen (secondary N) is 1. The van der Waals surface area contributed by atoms with Crippen LogP contribution in [0.3, 0.4) is 0 Å². The summed E-state index contributed by atoms with van der Waals surface area (Å²) >= 11 is 5.87. The summed E-state index contributed by atoms with van der Waals surface area (Å²) in [6.45, 7) is 0.527. The van der Waals surface area contributed by atoms with Gasteiger partial charge < -0.3 is 15.8 Å². The van der Waals surface area contributed by atoms with Gasteiger partial charge in [0.1, 0.15) is 0 Å². The van der Waals surface area contributed by atoms with Crippen molar-refractivity contribution in [3.05, 3.63) is 33.3 Å². The number of amides is 1. The minimum absolute atomic E-state index is 0.0941. The van der Waals surface area contributed by atoms with Crippen molar-refractivity contribution in [3.63, 3.8) is 0 Å².